The van der Waals surface area contributed by atoms with Crippen LogP contribution in [0.3, 0.4) is 0 Å². The Labute approximate surface area is 224 Å². The second kappa shape index (κ2) is 10.4. The number of halogens is 1. The summed E-state index contributed by atoms with van der Waals surface area (Å²) in [5.74, 6) is -1.40. The van der Waals surface area contributed by atoms with Crippen LogP contribution in [0.1, 0.15) is 6.92 Å². The summed E-state index contributed by atoms with van der Waals surface area (Å²) in [7, 11) is 4.76. The summed E-state index contributed by atoms with van der Waals surface area (Å²) >= 11 is 0. The molecule has 0 aliphatic carbocycles. The van der Waals surface area contributed by atoms with E-state index < -0.39 is 23.5 Å². The molecule has 1 atom stereocenters. The number of methoxy groups -OCH3 is 2. The van der Waals surface area contributed by atoms with E-state index in [2.05, 4.69) is 10.3 Å². The molecular formula is C29H26FN4O5+. The van der Waals surface area contributed by atoms with Gasteiger partial charge in [0.25, 0.3) is 0 Å². The minimum absolute atomic E-state index is 0.0510. The highest BCUT2D eigenvalue weighted by Crippen LogP contribution is 2.37. The quantitative estimate of drug-likeness (QED) is 0.273. The molecule has 39 heavy (non-hydrogen) atoms. The van der Waals surface area contributed by atoms with E-state index >= 15 is 4.39 Å². The fraction of sp³-hybridized carbons (Fsp3) is 0.172. The summed E-state index contributed by atoms with van der Waals surface area (Å²) in [5.41, 5.74) is 1.97. The molecule has 0 spiro atoms. The minimum Gasteiger partial charge on any atom is -0.493 e. The molecule has 0 bridgehead atoms. The summed E-state index contributed by atoms with van der Waals surface area (Å²) in [6.07, 6.45) is 1.54. The molecular weight excluding hydrogens is 503 g/mol. The van der Waals surface area contributed by atoms with Gasteiger partial charge in [0.1, 0.15) is 11.4 Å². The number of benzene rings is 3. The summed E-state index contributed by atoms with van der Waals surface area (Å²) in [4.78, 5) is 30.6. The van der Waals surface area contributed by atoms with E-state index in [9.17, 15) is 9.59 Å². The van der Waals surface area contributed by atoms with Gasteiger partial charge in [0.15, 0.2) is 30.1 Å². The number of rotatable bonds is 7. The van der Waals surface area contributed by atoms with Gasteiger partial charge in [-0.2, -0.15) is 0 Å². The van der Waals surface area contributed by atoms with Gasteiger partial charge in [-0.1, -0.05) is 23.2 Å². The number of para-hydroxylation sites is 1. The van der Waals surface area contributed by atoms with Gasteiger partial charge in [-0.25, -0.2) is 4.39 Å². The highest BCUT2D eigenvalue weighted by Gasteiger charge is 2.48. The zero-order valence-corrected chi connectivity index (χ0v) is 21.8. The molecule has 1 unspecified atom stereocenters. The monoisotopic (exact) mass is 529 g/mol. The van der Waals surface area contributed by atoms with Gasteiger partial charge >= 0.3 is 5.91 Å². The fourth-order valence-corrected chi connectivity index (χ4v) is 4.50. The largest absolute Gasteiger partial charge is 0.493 e. The third-order valence-electron chi connectivity index (χ3n) is 6.57. The highest BCUT2D eigenvalue weighted by atomic mass is 19.1. The molecule has 1 aliphatic rings. The van der Waals surface area contributed by atoms with E-state index in [1.807, 2.05) is 18.2 Å². The van der Waals surface area contributed by atoms with Crippen molar-refractivity contribution in [2.75, 3.05) is 31.6 Å². The number of fused-ring (bicyclic) bond motifs is 1. The molecule has 0 saturated heterocycles. The van der Waals surface area contributed by atoms with Crippen LogP contribution in [-0.4, -0.2) is 48.5 Å². The van der Waals surface area contributed by atoms with Crippen LogP contribution >= 0.6 is 0 Å². The SMILES string of the molecule is COc1cc2nccc(Oc3ccc(NC(=O)C4C(=O)N(c5ccccc5)[N+](C)=C4C)cc3F)c2cc1OC. The van der Waals surface area contributed by atoms with E-state index in [1.54, 1.807) is 55.2 Å². The molecule has 1 aliphatic heterocycles. The number of anilines is 2. The molecule has 198 valence electrons. The molecule has 0 saturated carbocycles. The zero-order chi connectivity index (χ0) is 27.7. The Balaban J connectivity index is 1.36. The Morgan fingerprint density at radius 2 is 1.69 bits per heavy atom. The number of hydrogen-bond acceptors (Lipinski definition) is 6. The Hall–Kier alpha value is -4.99. The van der Waals surface area contributed by atoms with Gasteiger partial charge in [-0.3, -0.25) is 14.6 Å². The Kier molecular flexibility index (Phi) is 6.84. The lowest BCUT2D eigenvalue weighted by Crippen LogP contribution is -2.38. The van der Waals surface area contributed by atoms with Crippen molar-refractivity contribution >= 4 is 39.8 Å². The van der Waals surface area contributed by atoms with Crippen molar-refractivity contribution in [3.63, 3.8) is 0 Å². The first kappa shape index (κ1) is 25.7. The molecule has 0 radical (unpaired) electrons. The number of carbonyl (C=O) groups excluding carboxylic acids is 2. The zero-order valence-electron chi connectivity index (χ0n) is 21.8. The van der Waals surface area contributed by atoms with Crippen molar-refractivity contribution in [2.24, 2.45) is 5.92 Å². The number of hydrazone groups is 1. The number of nitrogens with one attached hydrogen (secondary N) is 1. The molecule has 2 heterocycles. The van der Waals surface area contributed by atoms with Crippen molar-refractivity contribution < 1.29 is 32.9 Å². The summed E-state index contributed by atoms with van der Waals surface area (Å²) < 4.78 is 33.3. The molecule has 0 fully saturated rings. The maximum absolute atomic E-state index is 15.1. The molecule has 1 aromatic heterocycles. The van der Waals surface area contributed by atoms with Crippen molar-refractivity contribution in [1.82, 2.24) is 4.98 Å². The van der Waals surface area contributed by atoms with Crippen LogP contribution in [0.4, 0.5) is 15.8 Å². The van der Waals surface area contributed by atoms with Gasteiger partial charge in [-0.05, 0) is 36.4 Å². The van der Waals surface area contributed by atoms with E-state index in [0.717, 1.165) is 6.07 Å². The lowest BCUT2D eigenvalue weighted by Gasteiger charge is -2.14. The number of aromatic nitrogens is 1. The summed E-state index contributed by atoms with van der Waals surface area (Å²) in [6, 6.07) is 18.1. The van der Waals surface area contributed by atoms with Gasteiger partial charge in [0.05, 0.1) is 19.7 Å². The average molecular weight is 530 g/mol. The number of pyridine rings is 1. The molecule has 1 N–H and O–H groups in total. The summed E-state index contributed by atoms with van der Waals surface area (Å²) in [5, 5.41) is 4.70. The van der Waals surface area contributed by atoms with E-state index in [1.165, 1.54) is 31.4 Å². The number of hydrazine groups is 1. The third kappa shape index (κ3) is 4.72. The molecule has 10 heteroatoms. The first-order valence-electron chi connectivity index (χ1n) is 12.1. The van der Waals surface area contributed by atoms with Crippen LogP contribution < -0.4 is 24.5 Å². The molecule has 2 amide bonds. The average Bonchev–Trinajstić information content (AvgIpc) is 3.17. The first-order valence-corrected chi connectivity index (χ1v) is 12.1. The minimum atomic E-state index is -1.05. The number of carbonyl (C=O) groups is 2. The van der Waals surface area contributed by atoms with Gasteiger partial charge < -0.3 is 19.5 Å². The smallest absolute Gasteiger partial charge is 0.306 e. The van der Waals surface area contributed by atoms with Crippen LogP contribution in [-0.2, 0) is 9.59 Å². The Morgan fingerprint density at radius 1 is 0.974 bits per heavy atom. The standard InChI is InChI=1S/C29H25FN4O5/c1-17-27(29(36)34(33(17)2)19-8-6-5-7-9-19)28(35)32-18-10-11-24(21(30)14-18)39-23-12-13-31-22-16-26(38-4)25(37-3)15-20(22)23/h5-16,27H,1-4H3/p+1. The van der Waals surface area contributed by atoms with Gasteiger partial charge in [-0.15, -0.1) is 4.68 Å². The van der Waals surface area contributed by atoms with Crippen LogP contribution in [0, 0.1) is 11.7 Å². The Bertz CT molecular complexity index is 1620. The predicted molar refractivity (Wildman–Crippen MR) is 144 cm³/mol. The van der Waals surface area contributed by atoms with Crippen LogP contribution in [0.15, 0.2) is 72.9 Å². The Morgan fingerprint density at radius 3 is 2.38 bits per heavy atom. The van der Waals surface area contributed by atoms with E-state index in [-0.39, 0.29) is 11.4 Å². The number of ether oxygens (including phenoxy) is 3. The van der Waals surface area contributed by atoms with Crippen LogP contribution in [0.2, 0.25) is 0 Å². The van der Waals surface area contributed by atoms with Gasteiger partial charge in [0.2, 0.25) is 17.5 Å². The topological polar surface area (TPSA) is 93.0 Å². The second-order valence-corrected chi connectivity index (χ2v) is 8.85. The predicted octanol–water partition coefficient (Wildman–Crippen LogP) is 4.80. The molecule has 4 aromatic rings. The van der Waals surface area contributed by atoms with E-state index in [4.69, 9.17) is 14.2 Å². The molecule has 5 rings (SSSR count). The van der Waals surface area contributed by atoms with Crippen LogP contribution in [0.25, 0.3) is 10.9 Å². The maximum atomic E-state index is 15.1. The van der Waals surface area contributed by atoms with Crippen molar-refractivity contribution in [2.45, 2.75) is 6.92 Å². The van der Waals surface area contributed by atoms with Crippen molar-refractivity contribution in [3.05, 3.63) is 78.7 Å². The maximum Gasteiger partial charge on any atom is 0.306 e. The fourth-order valence-electron chi connectivity index (χ4n) is 4.50. The normalized spacial score (nSPS) is 15.1. The lowest BCUT2D eigenvalue weighted by molar-refractivity contribution is -0.496. The van der Waals surface area contributed by atoms with E-state index in [0.29, 0.717) is 39.6 Å². The number of amides is 2. The second-order valence-electron chi connectivity index (χ2n) is 8.85. The molecule has 3 aromatic carbocycles. The van der Waals surface area contributed by atoms with Gasteiger partial charge in [0, 0.05) is 36.3 Å². The lowest BCUT2D eigenvalue weighted by atomic mass is 10.0. The summed E-state index contributed by atoms with van der Waals surface area (Å²) in [6.45, 7) is 1.71. The molecule has 9 nitrogen and oxygen atoms in total. The van der Waals surface area contributed by atoms with Crippen molar-refractivity contribution in [3.8, 4) is 23.0 Å². The number of hydrogen-bond donors (Lipinski definition) is 1. The van der Waals surface area contributed by atoms with Crippen molar-refractivity contribution in [1.29, 1.82) is 0 Å². The highest BCUT2D eigenvalue weighted by molar-refractivity contribution is 6.26. The van der Waals surface area contributed by atoms with Crippen LogP contribution in [0.5, 0.6) is 23.0 Å². The number of nitrogens with zero attached hydrogens (tertiary/aromatic N) is 3. The third-order valence-corrected chi connectivity index (χ3v) is 6.57. The first-order chi connectivity index (χ1) is 18.8.